The third kappa shape index (κ3) is 2.49. The van der Waals surface area contributed by atoms with Crippen molar-refractivity contribution < 1.29 is 9.59 Å². The fourth-order valence-corrected chi connectivity index (χ4v) is 2.61. The van der Waals surface area contributed by atoms with E-state index in [1.54, 1.807) is 37.4 Å². The molecule has 0 bridgehead atoms. The number of hydrogen-bond donors (Lipinski definition) is 2. The van der Waals surface area contributed by atoms with Gasteiger partial charge in [-0.1, -0.05) is 11.6 Å². The average molecular weight is 313 g/mol. The van der Waals surface area contributed by atoms with Gasteiger partial charge in [0.2, 0.25) is 0 Å². The van der Waals surface area contributed by atoms with Crippen molar-refractivity contribution in [1.29, 1.82) is 0 Å². The summed E-state index contributed by atoms with van der Waals surface area (Å²) in [7, 11) is 1.58. The van der Waals surface area contributed by atoms with Crippen molar-refractivity contribution in [2.45, 2.75) is 0 Å². The van der Waals surface area contributed by atoms with Gasteiger partial charge in [0, 0.05) is 45.4 Å². The highest BCUT2D eigenvalue weighted by atomic mass is 35.5. The molecule has 5 heteroatoms. The zero-order valence-electron chi connectivity index (χ0n) is 11.8. The van der Waals surface area contributed by atoms with Crippen LogP contribution in [0.25, 0.3) is 22.2 Å². The molecule has 1 aromatic heterocycles. The third-order valence-corrected chi connectivity index (χ3v) is 3.86. The molecule has 0 aliphatic heterocycles. The molecule has 110 valence electrons. The average Bonchev–Trinajstić information content (AvgIpc) is 2.97. The number of halogens is 1. The molecule has 4 nitrogen and oxygen atoms in total. The van der Waals surface area contributed by atoms with Crippen LogP contribution < -0.4 is 5.32 Å². The topological polar surface area (TPSA) is 62.0 Å². The van der Waals surface area contributed by atoms with Crippen molar-refractivity contribution in [3.05, 3.63) is 58.6 Å². The van der Waals surface area contributed by atoms with Crippen molar-refractivity contribution in [3.8, 4) is 11.3 Å². The summed E-state index contributed by atoms with van der Waals surface area (Å²) in [6.07, 6.45) is 0.811. The van der Waals surface area contributed by atoms with Crippen LogP contribution in [0, 0.1) is 0 Å². The maximum absolute atomic E-state index is 11.8. The van der Waals surface area contributed by atoms with Gasteiger partial charge in [-0.25, -0.2) is 0 Å². The van der Waals surface area contributed by atoms with E-state index < -0.39 is 0 Å². The van der Waals surface area contributed by atoms with Crippen LogP contribution in [0.5, 0.6) is 0 Å². The number of nitrogens with one attached hydrogen (secondary N) is 2. The molecule has 0 radical (unpaired) electrons. The molecular weight excluding hydrogens is 300 g/mol. The lowest BCUT2D eigenvalue weighted by Gasteiger charge is -2.05. The zero-order chi connectivity index (χ0) is 15.7. The number of carbonyl (C=O) groups is 2. The lowest BCUT2D eigenvalue weighted by Crippen LogP contribution is -2.17. The van der Waals surface area contributed by atoms with E-state index in [1.807, 2.05) is 12.1 Å². The van der Waals surface area contributed by atoms with E-state index in [2.05, 4.69) is 10.3 Å². The summed E-state index contributed by atoms with van der Waals surface area (Å²) in [5.74, 6) is -0.169. The summed E-state index contributed by atoms with van der Waals surface area (Å²) >= 11 is 6.26. The van der Waals surface area contributed by atoms with E-state index in [1.165, 1.54) is 0 Å². The number of aromatic nitrogens is 1. The minimum absolute atomic E-state index is 0.169. The molecule has 2 N–H and O–H groups in total. The van der Waals surface area contributed by atoms with E-state index in [0.717, 1.165) is 28.4 Å². The molecule has 22 heavy (non-hydrogen) atoms. The highest BCUT2D eigenvalue weighted by Gasteiger charge is 2.11. The highest BCUT2D eigenvalue weighted by molar-refractivity contribution is 6.33. The summed E-state index contributed by atoms with van der Waals surface area (Å²) in [5.41, 5.74) is 3.60. The predicted molar refractivity (Wildman–Crippen MR) is 87.5 cm³/mol. The first-order valence-corrected chi connectivity index (χ1v) is 7.10. The second-order valence-corrected chi connectivity index (χ2v) is 5.33. The Kier molecular flexibility index (Phi) is 3.69. The monoisotopic (exact) mass is 312 g/mol. The van der Waals surface area contributed by atoms with Gasteiger partial charge in [-0.3, -0.25) is 9.59 Å². The van der Waals surface area contributed by atoms with Crippen molar-refractivity contribution >= 4 is 34.7 Å². The maximum atomic E-state index is 11.8. The number of fused-ring (bicyclic) bond motifs is 1. The Balaban J connectivity index is 2.14. The van der Waals surface area contributed by atoms with Crippen LogP contribution in [0.3, 0.4) is 0 Å². The SMILES string of the molecule is CNC(=O)c1ccc(Cl)c(-c2cc3cc(C=O)ccc3[nH]2)c1. The van der Waals surface area contributed by atoms with Gasteiger partial charge in [0.15, 0.2) is 0 Å². The summed E-state index contributed by atoms with van der Waals surface area (Å²) in [6.45, 7) is 0. The zero-order valence-corrected chi connectivity index (χ0v) is 12.6. The Morgan fingerprint density at radius 1 is 1.18 bits per heavy atom. The van der Waals surface area contributed by atoms with Crippen molar-refractivity contribution in [3.63, 3.8) is 0 Å². The van der Waals surface area contributed by atoms with Gasteiger partial charge in [-0.15, -0.1) is 0 Å². The van der Waals surface area contributed by atoms with Gasteiger partial charge in [0.1, 0.15) is 6.29 Å². The van der Waals surface area contributed by atoms with E-state index in [9.17, 15) is 9.59 Å². The molecular formula is C17H13ClN2O2. The van der Waals surface area contributed by atoms with Crippen LogP contribution in [-0.2, 0) is 0 Å². The Morgan fingerprint density at radius 2 is 2.00 bits per heavy atom. The number of benzene rings is 2. The Morgan fingerprint density at radius 3 is 2.73 bits per heavy atom. The maximum Gasteiger partial charge on any atom is 0.251 e. The summed E-state index contributed by atoms with van der Waals surface area (Å²) in [6, 6.07) is 12.4. The lowest BCUT2D eigenvalue weighted by molar-refractivity contribution is 0.0963. The number of rotatable bonds is 3. The lowest BCUT2D eigenvalue weighted by atomic mass is 10.1. The molecule has 1 heterocycles. The molecule has 0 unspecified atom stereocenters. The molecule has 0 saturated carbocycles. The quantitative estimate of drug-likeness (QED) is 0.725. The normalized spacial score (nSPS) is 10.6. The van der Waals surface area contributed by atoms with E-state index in [-0.39, 0.29) is 5.91 Å². The molecule has 2 aromatic carbocycles. The van der Waals surface area contributed by atoms with Crippen LogP contribution in [-0.4, -0.2) is 24.2 Å². The molecule has 0 saturated heterocycles. The summed E-state index contributed by atoms with van der Waals surface area (Å²) in [4.78, 5) is 25.9. The fourth-order valence-electron chi connectivity index (χ4n) is 2.39. The van der Waals surface area contributed by atoms with Crippen LogP contribution >= 0.6 is 11.6 Å². The van der Waals surface area contributed by atoms with E-state index in [0.29, 0.717) is 16.1 Å². The molecule has 0 atom stereocenters. The Hall–Kier alpha value is -2.59. The first-order chi connectivity index (χ1) is 10.6. The second kappa shape index (κ2) is 5.66. The van der Waals surface area contributed by atoms with E-state index in [4.69, 9.17) is 11.6 Å². The summed E-state index contributed by atoms with van der Waals surface area (Å²) in [5, 5.41) is 4.06. The largest absolute Gasteiger partial charge is 0.355 e. The van der Waals surface area contributed by atoms with Crippen LogP contribution in [0.1, 0.15) is 20.7 Å². The first kappa shape index (κ1) is 14.4. The highest BCUT2D eigenvalue weighted by Crippen LogP contribution is 2.31. The van der Waals surface area contributed by atoms with Gasteiger partial charge in [0.25, 0.3) is 5.91 Å². The molecule has 0 fully saturated rings. The van der Waals surface area contributed by atoms with Gasteiger partial charge in [0.05, 0.1) is 0 Å². The smallest absolute Gasteiger partial charge is 0.251 e. The standard InChI is InChI=1S/C17H13ClN2O2/c1-19-17(22)11-3-4-14(18)13(7-11)16-8-12-6-10(9-21)2-5-15(12)20-16/h2-9,20H,1H3,(H,19,22). The fraction of sp³-hybridized carbons (Fsp3) is 0.0588. The Bertz CT molecular complexity index is 883. The third-order valence-electron chi connectivity index (χ3n) is 3.53. The predicted octanol–water partition coefficient (Wildman–Crippen LogP) is 3.66. The van der Waals surface area contributed by atoms with Crippen LogP contribution in [0.4, 0.5) is 0 Å². The number of amides is 1. The van der Waals surface area contributed by atoms with Gasteiger partial charge >= 0.3 is 0 Å². The second-order valence-electron chi connectivity index (χ2n) is 4.92. The molecule has 0 spiro atoms. The summed E-state index contributed by atoms with van der Waals surface area (Å²) < 4.78 is 0. The van der Waals surface area contributed by atoms with Crippen LogP contribution in [0.15, 0.2) is 42.5 Å². The minimum Gasteiger partial charge on any atom is -0.355 e. The van der Waals surface area contributed by atoms with Crippen molar-refractivity contribution in [1.82, 2.24) is 10.3 Å². The first-order valence-electron chi connectivity index (χ1n) is 6.72. The minimum atomic E-state index is -0.169. The van der Waals surface area contributed by atoms with Gasteiger partial charge in [-0.05, 0) is 42.5 Å². The number of hydrogen-bond acceptors (Lipinski definition) is 2. The number of H-pyrrole nitrogens is 1. The molecule has 3 aromatic rings. The Labute approximate surface area is 132 Å². The van der Waals surface area contributed by atoms with Crippen molar-refractivity contribution in [2.24, 2.45) is 0 Å². The van der Waals surface area contributed by atoms with Crippen LogP contribution in [0.2, 0.25) is 5.02 Å². The molecule has 3 rings (SSSR count). The number of aldehydes is 1. The van der Waals surface area contributed by atoms with Crippen molar-refractivity contribution in [2.75, 3.05) is 7.05 Å². The molecule has 0 aliphatic carbocycles. The van der Waals surface area contributed by atoms with Gasteiger partial charge in [-0.2, -0.15) is 0 Å². The molecule has 0 aliphatic rings. The van der Waals surface area contributed by atoms with E-state index >= 15 is 0 Å². The number of aromatic amines is 1. The number of carbonyl (C=O) groups excluding carboxylic acids is 2. The van der Waals surface area contributed by atoms with Gasteiger partial charge < -0.3 is 10.3 Å². The molecule has 1 amide bonds.